The van der Waals surface area contributed by atoms with Gasteiger partial charge in [0, 0.05) is 42.8 Å². The molecule has 5 nitrogen and oxygen atoms in total. The van der Waals surface area contributed by atoms with Crippen LogP contribution in [0.2, 0.25) is 0 Å². The first-order chi connectivity index (χ1) is 15.1. The highest BCUT2D eigenvalue weighted by molar-refractivity contribution is 5.74. The molecule has 1 aromatic carbocycles. The molecule has 0 bridgehead atoms. The Bertz CT molecular complexity index is 863. The maximum Gasteiger partial charge on any atom is 0.217 e. The highest BCUT2D eigenvalue weighted by atomic mass is 16.5. The number of ether oxygens (including phenoxy) is 2. The van der Waals surface area contributed by atoms with Gasteiger partial charge in [-0.2, -0.15) is 0 Å². The zero-order chi connectivity index (χ0) is 21.5. The van der Waals surface area contributed by atoms with Gasteiger partial charge in [-0.05, 0) is 24.4 Å². The smallest absolute Gasteiger partial charge is 0.217 e. The Hall–Kier alpha value is -1.95. The lowest BCUT2D eigenvalue weighted by atomic mass is 9.84. The number of fused-ring (bicyclic) bond motifs is 1. The molecule has 1 spiro atoms. The molecule has 1 saturated heterocycles. The Balaban J connectivity index is 1.43. The molecular weight excluding hydrogens is 388 g/mol. The van der Waals surface area contributed by atoms with Crippen molar-refractivity contribution in [2.45, 2.75) is 39.0 Å². The van der Waals surface area contributed by atoms with Gasteiger partial charge < -0.3 is 14.8 Å². The molecule has 0 aromatic heterocycles. The second kappa shape index (κ2) is 8.19. The average molecular weight is 423 g/mol. The number of rotatable bonds is 7. The number of carbonyl (C=O) groups is 1. The summed E-state index contributed by atoms with van der Waals surface area (Å²) in [6.07, 6.45) is 10.3. The van der Waals surface area contributed by atoms with Crippen molar-refractivity contribution < 1.29 is 14.3 Å². The first-order valence-corrected chi connectivity index (χ1v) is 11.7. The minimum atomic E-state index is -0.0324. The Morgan fingerprint density at radius 2 is 2.00 bits per heavy atom. The highest BCUT2D eigenvalue weighted by Gasteiger charge is 2.85. The Kier molecular flexibility index (Phi) is 5.53. The van der Waals surface area contributed by atoms with Gasteiger partial charge >= 0.3 is 0 Å². The molecule has 1 N–H and O–H groups in total. The van der Waals surface area contributed by atoms with Crippen LogP contribution >= 0.6 is 0 Å². The fraction of sp³-hybridized carbons (Fsp3) is 0.577. The van der Waals surface area contributed by atoms with Crippen molar-refractivity contribution in [3.05, 3.63) is 60.2 Å². The second-order valence-electron chi connectivity index (χ2n) is 9.65. The molecule has 6 atom stereocenters. The lowest BCUT2D eigenvalue weighted by molar-refractivity contribution is -0.120. The number of benzene rings is 1. The van der Waals surface area contributed by atoms with Gasteiger partial charge in [0.1, 0.15) is 0 Å². The SMILES string of the molecule is CC(=O)N[C@@H]1[C@@H](C)[C@H](OCc2ccccc2)[C@]23C=CC=C[C@H]2C13CCN1CCOCC1. The fourth-order valence-corrected chi connectivity index (χ4v) is 6.92. The third kappa shape index (κ3) is 3.29. The minimum Gasteiger partial charge on any atom is -0.379 e. The van der Waals surface area contributed by atoms with Crippen LogP contribution in [-0.4, -0.2) is 55.8 Å². The van der Waals surface area contributed by atoms with Gasteiger partial charge in [0.25, 0.3) is 0 Å². The molecule has 4 aliphatic rings. The van der Waals surface area contributed by atoms with Gasteiger partial charge in [-0.1, -0.05) is 61.6 Å². The van der Waals surface area contributed by atoms with Crippen molar-refractivity contribution in [3.63, 3.8) is 0 Å². The Morgan fingerprint density at radius 3 is 2.74 bits per heavy atom. The first kappa shape index (κ1) is 20.9. The molecule has 5 heteroatoms. The monoisotopic (exact) mass is 422 g/mol. The summed E-state index contributed by atoms with van der Waals surface area (Å²) in [7, 11) is 0. The van der Waals surface area contributed by atoms with Gasteiger partial charge in [-0.25, -0.2) is 0 Å². The normalized spacial score (nSPS) is 38.5. The molecule has 1 aromatic rings. The predicted molar refractivity (Wildman–Crippen MR) is 120 cm³/mol. The third-order valence-electron chi connectivity index (χ3n) is 8.18. The van der Waals surface area contributed by atoms with Crippen LogP contribution in [0.25, 0.3) is 0 Å². The molecule has 5 rings (SSSR count). The first-order valence-electron chi connectivity index (χ1n) is 11.7. The topological polar surface area (TPSA) is 50.8 Å². The fourth-order valence-electron chi connectivity index (χ4n) is 6.92. The van der Waals surface area contributed by atoms with E-state index in [9.17, 15) is 4.79 Å². The van der Waals surface area contributed by atoms with Crippen LogP contribution in [0.1, 0.15) is 25.8 Å². The van der Waals surface area contributed by atoms with Crippen molar-refractivity contribution >= 4 is 5.91 Å². The lowest BCUT2D eigenvalue weighted by Gasteiger charge is -2.34. The maximum atomic E-state index is 12.2. The lowest BCUT2D eigenvalue weighted by Crippen LogP contribution is -2.47. The van der Waals surface area contributed by atoms with Crippen molar-refractivity contribution in [2.24, 2.45) is 22.7 Å². The molecule has 1 amide bonds. The van der Waals surface area contributed by atoms with Crippen LogP contribution in [0.4, 0.5) is 0 Å². The van der Waals surface area contributed by atoms with Crippen LogP contribution in [0.3, 0.4) is 0 Å². The van der Waals surface area contributed by atoms with E-state index in [0.29, 0.717) is 12.5 Å². The van der Waals surface area contributed by atoms with Crippen LogP contribution in [0.15, 0.2) is 54.6 Å². The van der Waals surface area contributed by atoms with Gasteiger partial charge in [0.2, 0.25) is 5.91 Å². The van der Waals surface area contributed by atoms with Gasteiger partial charge in [-0.15, -0.1) is 0 Å². The summed E-state index contributed by atoms with van der Waals surface area (Å²) < 4.78 is 12.2. The standard InChI is InChI=1S/C26H34N2O3/c1-19-23(27-20(2)29)25(12-13-28-14-16-30-17-15-28)22-10-6-7-11-26(22,25)24(19)31-18-21-8-4-3-5-9-21/h3-11,19,22-24H,12-18H2,1-2H3,(H,27,29)/t19-,22+,23-,24+,25?,26+/m1/s1. The van der Waals surface area contributed by atoms with Gasteiger partial charge in [-0.3, -0.25) is 9.69 Å². The summed E-state index contributed by atoms with van der Waals surface area (Å²) in [6, 6.07) is 10.5. The van der Waals surface area contributed by atoms with Crippen molar-refractivity contribution in [1.29, 1.82) is 0 Å². The molecule has 0 radical (unpaired) electrons. The number of allylic oxidation sites excluding steroid dienone is 3. The van der Waals surface area contributed by atoms with Crippen LogP contribution in [-0.2, 0) is 20.9 Å². The Morgan fingerprint density at radius 1 is 1.23 bits per heavy atom. The quantitative estimate of drug-likeness (QED) is 0.733. The summed E-state index contributed by atoms with van der Waals surface area (Å²) in [4.78, 5) is 14.7. The second-order valence-corrected chi connectivity index (χ2v) is 9.65. The summed E-state index contributed by atoms with van der Waals surface area (Å²) in [5.41, 5.74) is 1.18. The number of morpholine rings is 1. The summed E-state index contributed by atoms with van der Waals surface area (Å²) in [5.74, 6) is 0.725. The summed E-state index contributed by atoms with van der Waals surface area (Å²) in [6.45, 7) is 9.17. The molecular formula is C26H34N2O3. The molecule has 3 aliphatic carbocycles. The van der Waals surface area contributed by atoms with E-state index in [1.807, 2.05) is 6.07 Å². The Labute approximate surface area is 185 Å². The van der Waals surface area contributed by atoms with Gasteiger partial charge in [0.15, 0.2) is 0 Å². The van der Waals surface area contributed by atoms with E-state index < -0.39 is 0 Å². The zero-order valence-corrected chi connectivity index (χ0v) is 18.6. The van der Waals surface area contributed by atoms with E-state index in [0.717, 1.165) is 39.3 Å². The van der Waals surface area contributed by atoms with E-state index in [1.165, 1.54) is 5.56 Å². The third-order valence-corrected chi connectivity index (χ3v) is 8.18. The zero-order valence-electron chi connectivity index (χ0n) is 18.6. The molecule has 2 saturated carbocycles. The largest absolute Gasteiger partial charge is 0.379 e. The molecule has 1 unspecified atom stereocenters. The number of amides is 1. The van der Waals surface area contributed by atoms with E-state index in [4.69, 9.17) is 9.47 Å². The molecule has 3 fully saturated rings. The number of nitrogens with zero attached hydrogens (tertiary/aromatic N) is 1. The van der Waals surface area contributed by atoms with E-state index in [2.05, 4.69) is 65.7 Å². The van der Waals surface area contributed by atoms with Crippen LogP contribution < -0.4 is 5.32 Å². The van der Waals surface area contributed by atoms with E-state index >= 15 is 0 Å². The van der Waals surface area contributed by atoms with Crippen molar-refractivity contribution in [2.75, 3.05) is 32.8 Å². The van der Waals surface area contributed by atoms with Crippen LogP contribution in [0, 0.1) is 22.7 Å². The molecule has 166 valence electrons. The molecule has 1 heterocycles. The highest BCUT2D eigenvalue weighted by Crippen LogP contribution is 2.82. The predicted octanol–water partition coefficient (Wildman–Crippen LogP) is 3.18. The number of carbonyl (C=O) groups excluding carboxylic acids is 1. The van der Waals surface area contributed by atoms with E-state index in [1.54, 1.807) is 6.92 Å². The maximum absolute atomic E-state index is 12.2. The van der Waals surface area contributed by atoms with Gasteiger partial charge in [0.05, 0.1) is 25.9 Å². The van der Waals surface area contributed by atoms with Crippen molar-refractivity contribution in [1.82, 2.24) is 10.2 Å². The number of hydrogen-bond donors (Lipinski definition) is 1. The van der Waals surface area contributed by atoms with E-state index in [-0.39, 0.29) is 34.8 Å². The van der Waals surface area contributed by atoms with Crippen molar-refractivity contribution in [3.8, 4) is 0 Å². The summed E-state index contributed by atoms with van der Waals surface area (Å²) >= 11 is 0. The summed E-state index contributed by atoms with van der Waals surface area (Å²) in [5, 5.41) is 3.36. The minimum absolute atomic E-state index is 0.0151. The van der Waals surface area contributed by atoms with Crippen LogP contribution in [0.5, 0.6) is 0 Å². The molecule has 1 aliphatic heterocycles. The molecule has 31 heavy (non-hydrogen) atoms. The average Bonchev–Trinajstić information content (AvgIpc) is 3.34. The number of nitrogens with one attached hydrogen (secondary N) is 1. The number of hydrogen-bond acceptors (Lipinski definition) is 4.